The van der Waals surface area contributed by atoms with Gasteiger partial charge < -0.3 is 0 Å². The lowest BCUT2D eigenvalue weighted by Crippen LogP contribution is -2.18. The molecule has 0 radical (unpaired) electrons. The number of nitrogens with zero attached hydrogens (tertiary/aromatic N) is 2. The highest BCUT2D eigenvalue weighted by atomic mass is 127. The molecule has 20 heavy (non-hydrogen) atoms. The van der Waals surface area contributed by atoms with Crippen molar-refractivity contribution in [2.75, 3.05) is 0 Å². The summed E-state index contributed by atoms with van der Waals surface area (Å²) in [5.41, 5.74) is 2.13. The summed E-state index contributed by atoms with van der Waals surface area (Å²) < 4.78 is 2.01. The lowest BCUT2D eigenvalue weighted by atomic mass is 9.92. The van der Waals surface area contributed by atoms with Gasteiger partial charge in [0, 0.05) is 16.3 Å². The first-order valence-corrected chi connectivity index (χ1v) is 8.49. The third-order valence-electron chi connectivity index (χ3n) is 2.84. The summed E-state index contributed by atoms with van der Waals surface area (Å²) in [6.45, 7) is 6.41. The Kier molecular flexibility index (Phi) is 5.08. The molecule has 2 rings (SSSR count). The molecule has 0 aliphatic heterocycles. The van der Waals surface area contributed by atoms with E-state index < -0.39 is 0 Å². The average Bonchev–Trinajstić information content (AvgIpc) is 2.35. The molecule has 0 aliphatic carbocycles. The van der Waals surface area contributed by atoms with Crippen LogP contribution in [0.25, 0.3) is 0 Å². The summed E-state index contributed by atoms with van der Waals surface area (Å²) in [4.78, 5) is 9.11. The Balaban J connectivity index is 2.38. The van der Waals surface area contributed by atoms with E-state index in [2.05, 4.69) is 76.4 Å². The van der Waals surface area contributed by atoms with Gasteiger partial charge in [-0.25, -0.2) is 9.97 Å². The molecule has 0 N–H and O–H groups in total. The molecule has 5 heteroatoms. The molecular formula is C15H15BrClIN2. The zero-order valence-corrected chi connectivity index (χ0v) is 16.0. The van der Waals surface area contributed by atoms with E-state index in [0.29, 0.717) is 11.6 Å². The largest absolute Gasteiger partial charge is 0.236 e. The van der Waals surface area contributed by atoms with E-state index in [9.17, 15) is 0 Å². The van der Waals surface area contributed by atoms with Gasteiger partial charge in [-0.3, -0.25) is 0 Å². The van der Waals surface area contributed by atoms with Crippen molar-refractivity contribution in [2.45, 2.75) is 32.6 Å². The maximum atomic E-state index is 6.25. The van der Waals surface area contributed by atoms with Crippen LogP contribution < -0.4 is 0 Å². The predicted molar refractivity (Wildman–Crippen MR) is 95.4 cm³/mol. The monoisotopic (exact) mass is 464 g/mol. The number of hydrogen-bond donors (Lipinski definition) is 0. The van der Waals surface area contributed by atoms with E-state index in [1.54, 1.807) is 0 Å². The number of benzene rings is 1. The first-order chi connectivity index (χ1) is 9.27. The Morgan fingerprint density at radius 2 is 1.75 bits per heavy atom. The molecule has 2 aromatic rings. The number of rotatable bonds is 2. The fourth-order valence-electron chi connectivity index (χ4n) is 1.82. The van der Waals surface area contributed by atoms with Gasteiger partial charge in [0.25, 0.3) is 0 Å². The standard InChI is InChI=1S/C15H15BrClIN2/c1-15(2,3)13-12(18)14(17)20-11(19-13)8-9-4-6-10(16)7-5-9/h4-7H,8H2,1-3H3. The summed E-state index contributed by atoms with van der Waals surface area (Å²) in [6, 6.07) is 8.18. The Hall–Kier alpha value is -0.200. The van der Waals surface area contributed by atoms with Gasteiger partial charge in [-0.1, -0.05) is 60.4 Å². The molecule has 0 aliphatic rings. The number of hydrogen-bond acceptors (Lipinski definition) is 2. The smallest absolute Gasteiger partial charge is 0.146 e. The van der Waals surface area contributed by atoms with Crippen molar-refractivity contribution in [3.8, 4) is 0 Å². The van der Waals surface area contributed by atoms with Crippen LogP contribution in [0.5, 0.6) is 0 Å². The van der Waals surface area contributed by atoms with Crippen molar-refractivity contribution in [3.63, 3.8) is 0 Å². The van der Waals surface area contributed by atoms with Gasteiger partial charge in [0.05, 0.1) is 9.26 Å². The van der Waals surface area contributed by atoms with Crippen LogP contribution in [0.15, 0.2) is 28.7 Å². The predicted octanol–water partition coefficient (Wildman–Crippen LogP) is 5.39. The zero-order valence-electron chi connectivity index (χ0n) is 11.5. The fourth-order valence-corrected chi connectivity index (χ4v) is 3.33. The summed E-state index contributed by atoms with van der Waals surface area (Å²) in [6.07, 6.45) is 0.688. The van der Waals surface area contributed by atoms with Crippen molar-refractivity contribution < 1.29 is 0 Å². The van der Waals surface area contributed by atoms with Gasteiger partial charge in [-0.15, -0.1) is 0 Å². The maximum absolute atomic E-state index is 6.25. The normalized spacial score (nSPS) is 11.7. The van der Waals surface area contributed by atoms with Crippen LogP contribution in [0.3, 0.4) is 0 Å². The van der Waals surface area contributed by atoms with E-state index in [0.717, 1.165) is 19.6 Å². The number of aromatic nitrogens is 2. The molecule has 0 spiro atoms. The molecule has 0 saturated heterocycles. The van der Waals surface area contributed by atoms with Crippen LogP contribution in [0.1, 0.15) is 37.9 Å². The van der Waals surface area contributed by atoms with E-state index in [1.165, 1.54) is 5.56 Å². The molecular weight excluding hydrogens is 450 g/mol. The van der Waals surface area contributed by atoms with E-state index in [1.807, 2.05) is 12.1 Å². The van der Waals surface area contributed by atoms with Crippen LogP contribution in [-0.4, -0.2) is 9.97 Å². The zero-order chi connectivity index (χ0) is 14.9. The Morgan fingerprint density at radius 1 is 1.15 bits per heavy atom. The third kappa shape index (κ3) is 3.92. The quantitative estimate of drug-likeness (QED) is 0.439. The van der Waals surface area contributed by atoms with Crippen molar-refractivity contribution >= 4 is 50.1 Å². The minimum atomic E-state index is -0.0441. The molecule has 0 atom stereocenters. The van der Waals surface area contributed by atoms with Crippen LogP contribution in [0.2, 0.25) is 5.15 Å². The molecule has 0 fully saturated rings. The van der Waals surface area contributed by atoms with E-state index in [-0.39, 0.29) is 5.41 Å². The van der Waals surface area contributed by atoms with Crippen LogP contribution in [0, 0.1) is 3.57 Å². The van der Waals surface area contributed by atoms with Crippen LogP contribution >= 0.6 is 50.1 Å². The Bertz CT molecular complexity index is 621. The summed E-state index contributed by atoms with van der Waals surface area (Å²) in [5.74, 6) is 0.766. The summed E-state index contributed by atoms with van der Waals surface area (Å²) in [7, 11) is 0. The highest BCUT2D eigenvalue weighted by Crippen LogP contribution is 2.29. The van der Waals surface area contributed by atoms with Crippen molar-refractivity contribution in [2.24, 2.45) is 0 Å². The first kappa shape index (κ1) is 16.2. The minimum Gasteiger partial charge on any atom is -0.236 e. The molecule has 0 bridgehead atoms. The van der Waals surface area contributed by atoms with E-state index in [4.69, 9.17) is 16.6 Å². The van der Waals surface area contributed by atoms with Gasteiger partial charge in [0.1, 0.15) is 11.0 Å². The molecule has 1 aromatic heterocycles. The van der Waals surface area contributed by atoms with Gasteiger partial charge >= 0.3 is 0 Å². The van der Waals surface area contributed by atoms with Gasteiger partial charge in [-0.05, 0) is 40.3 Å². The topological polar surface area (TPSA) is 25.8 Å². The van der Waals surface area contributed by atoms with E-state index >= 15 is 0 Å². The first-order valence-electron chi connectivity index (χ1n) is 6.24. The van der Waals surface area contributed by atoms with Crippen LogP contribution in [-0.2, 0) is 11.8 Å². The molecule has 0 unspecified atom stereocenters. The maximum Gasteiger partial charge on any atom is 0.146 e. The lowest BCUT2D eigenvalue weighted by molar-refractivity contribution is 0.558. The Labute approximate surface area is 146 Å². The molecule has 1 aromatic carbocycles. The number of halogens is 3. The SMILES string of the molecule is CC(C)(C)c1nc(Cc2ccc(Br)cc2)nc(Cl)c1I. The van der Waals surface area contributed by atoms with Crippen molar-refractivity contribution in [1.82, 2.24) is 9.97 Å². The molecule has 106 valence electrons. The van der Waals surface area contributed by atoms with Gasteiger partial charge in [-0.2, -0.15) is 0 Å². The minimum absolute atomic E-state index is 0.0441. The second-order valence-corrected chi connectivity index (χ2v) is 8.00. The van der Waals surface area contributed by atoms with Gasteiger partial charge in [0.15, 0.2) is 0 Å². The fraction of sp³-hybridized carbons (Fsp3) is 0.333. The molecule has 0 amide bonds. The highest BCUT2D eigenvalue weighted by molar-refractivity contribution is 14.1. The summed E-state index contributed by atoms with van der Waals surface area (Å²) >= 11 is 11.9. The summed E-state index contributed by atoms with van der Waals surface area (Å²) in [5, 5.41) is 0.539. The van der Waals surface area contributed by atoms with Gasteiger partial charge in [0.2, 0.25) is 0 Å². The second kappa shape index (κ2) is 6.28. The average molecular weight is 466 g/mol. The Morgan fingerprint density at radius 3 is 2.30 bits per heavy atom. The third-order valence-corrected chi connectivity index (χ3v) is 4.99. The van der Waals surface area contributed by atoms with Crippen molar-refractivity contribution in [3.05, 3.63) is 54.5 Å². The molecule has 1 heterocycles. The van der Waals surface area contributed by atoms with Crippen molar-refractivity contribution in [1.29, 1.82) is 0 Å². The lowest BCUT2D eigenvalue weighted by Gasteiger charge is -2.20. The molecule has 0 saturated carbocycles. The van der Waals surface area contributed by atoms with Crippen LogP contribution in [0.4, 0.5) is 0 Å². The highest BCUT2D eigenvalue weighted by Gasteiger charge is 2.22. The molecule has 2 nitrogen and oxygen atoms in total. The second-order valence-electron chi connectivity index (χ2n) is 5.65.